The molecule has 1 heterocycles. The Morgan fingerprint density at radius 2 is 2.05 bits per heavy atom. The maximum Gasteiger partial charge on any atom is 0.412 e. The van der Waals surface area contributed by atoms with Crippen LogP contribution in [-0.2, 0) is 5.54 Å². The summed E-state index contributed by atoms with van der Waals surface area (Å²) < 4.78 is 40.9. The molecule has 1 fully saturated rings. The Morgan fingerprint density at radius 3 is 2.55 bits per heavy atom. The number of aromatic carboxylic acids is 1. The molecule has 7 heteroatoms. The third-order valence-corrected chi connectivity index (χ3v) is 3.75. The van der Waals surface area contributed by atoms with Gasteiger partial charge < -0.3 is 9.67 Å². The van der Waals surface area contributed by atoms with Gasteiger partial charge in [-0.15, -0.1) is 0 Å². The lowest BCUT2D eigenvalue weighted by atomic mass is 10.1. The van der Waals surface area contributed by atoms with Gasteiger partial charge in [-0.25, -0.2) is 9.78 Å². The van der Waals surface area contributed by atoms with Crippen LogP contribution in [0.5, 0.6) is 0 Å². The SMILES string of the molecule is Cc1nc2ccc(C(=O)O)cc2n1C1(C(F)(F)F)CC1. The standard InChI is InChI=1S/C13H11F3N2O2/c1-7-17-9-3-2-8(11(19)20)6-10(9)18(7)12(4-5-12)13(14,15)16/h2-3,6H,4-5H2,1H3,(H,19,20). The Morgan fingerprint density at radius 1 is 1.40 bits per heavy atom. The van der Waals surface area contributed by atoms with E-state index in [4.69, 9.17) is 5.11 Å². The Bertz CT molecular complexity index is 714. The molecule has 1 aromatic heterocycles. The van der Waals surface area contributed by atoms with Crippen LogP contribution in [-0.4, -0.2) is 26.8 Å². The smallest absolute Gasteiger partial charge is 0.412 e. The molecule has 3 rings (SSSR count). The molecule has 0 unspecified atom stereocenters. The van der Waals surface area contributed by atoms with Crippen LogP contribution < -0.4 is 0 Å². The molecule has 1 aromatic carbocycles. The van der Waals surface area contributed by atoms with Gasteiger partial charge in [0.05, 0.1) is 16.6 Å². The molecule has 0 amide bonds. The average Bonchev–Trinajstić information content (AvgIpc) is 3.06. The van der Waals surface area contributed by atoms with E-state index in [0.717, 1.165) is 4.57 Å². The normalized spacial score (nSPS) is 17.4. The molecule has 1 saturated carbocycles. The minimum Gasteiger partial charge on any atom is -0.478 e. The number of nitrogens with zero attached hydrogens (tertiary/aromatic N) is 2. The molecular formula is C13H11F3N2O2. The minimum absolute atomic E-state index is 0.0000983. The van der Waals surface area contributed by atoms with Crippen LogP contribution in [0, 0.1) is 6.92 Å². The molecule has 1 aliphatic rings. The van der Waals surface area contributed by atoms with Crippen LogP contribution in [0.4, 0.5) is 13.2 Å². The van der Waals surface area contributed by atoms with E-state index in [1.807, 2.05) is 0 Å². The number of hydrogen-bond acceptors (Lipinski definition) is 2. The summed E-state index contributed by atoms with van der Waals surface area (Å²) in [6, 6.07) is 4.03. The number of hydrogen-bond donors (Lipinski definition) is 1. The van der Waals surface area contributed by atoms with Crippen molar-refractivity contribution in [1.29, 1.82) is 0 Å². The van der Waals surface area contributed by atoms with E-state index in [9.17, 15) is 18.0 Å². The summed E-state index contributed by atoms with van der Waals surface area (Å²) in [6.07, 6.45) is -4.37. The van der Waals surface area contributed by atoms with E-state index in [-0.39, 0.29) is 29.7 Å². The van der Waals surface area contributed by atoms with Gasteiger partial charge in [0.1, 0.15) is 11.4 Å². The number of carboxylic acid groups (broad SMARTS) is 1. The van der Waals surface area contributed by atoms with Crippen LogP contribution >= 0.6 is 0 Å². The summed E-state index contributed by atoms with van der Waals surface area (Å²) >= 11 is 0. The topological polar surface area (TPSA) is 55.1 Å². The Balaban J connectivity index is 2.28. The molecule has 0 saturated heterocycles. The van der Waals surface area contributed by atoms with E-state index in [1.54, 1.807) is 0 Å². The zero-order chi connectivity index (χ0) is 14.7. The minimum atomic E-state index is -4.37. The van der Waals surface area contributed by atoms with Crippen molar-refractivity contribution >= 4 is 17.0 Å². The number of halogens is 3. The van der Waals surface area contributed by atoms with Gasteiger partial charge >= 0.3 is 12.1 Å². The molecule has 20 heavy (non-hydrogen) atoms. The summed E-state index contributed by atoms with van der Waals surface area (Å²) in [4.78, 5) is 15.1. The molecule has 0 aliphatic heterocycles. The van der Waals surface area contributed by atoms with E-state index in [0.29, 0.717) is 5.52 Å². The molecule has 0 radical (unpaired) electrons. The second kappa shape index (κ2) is 3.74. The largest absolute Gasteiger partial charge is 0.478 e. The van der Waals surface area contributed by atoms with Crippen molar-refractivity contribution in [2.45, 2.75) is 31.5 Å². The van der Waals surface area contributed by atoms with Crippen LogP contribution in [0.2, 0.25) is 0 Å². The lowest BCUT2D eigenvalue weighted by Gasteiger charge is -2.23. The molecule has 106 valence electrons. The van der Waals surface area contributed by atoms with Crippen molar-refractivity contribution in [1.82, 2.24) is 9.55 Å². The number of imidazole rings is 1. The van der Waals surface area contributed by atoms with Crippen molar-refractivity contribution < 1.29 is 23.1 Å². The first-order chi connectivity index (χ1) is 9.26. The van der Waals surface area contributed by atoms with E-state index < -0.39 is 17.7 Å². The summed E-state index contributed by atoms with van der Waals surface area (Å²) in [5.41, 5.74) is -1.37. The van der Waals surface area contributed by atoms with Crippen molar-refractivity contribution in [3.63, 3.8) is 0 Å². The molecule has 0 bridgehead atoms. The van der Waals surface area contributed by atoms with Crippen molar-refractivity contribution in [3.05, 3.63) is 29.6 Å². The number of fused-ring (bicyclic) bond motifs is 1. The van der Waals surface area contributed by atoms with Crippen LogP contribution in [0.3, 0.4) is 0 Å². The van der Waals surface area contributed by atoms with E-state index in [1.165, 1.54) is 25.1 Å². The van der Waals surface area contributed by atoms with Gasteiger partial charge in [0.15, 0.2) is 0 Å². The first kappa shape index (κ1) is 13.0. The highest BCUT2D eigenvalue weighted by Gasteiger charge is 2.65. The second-order valence-electron chi connectivity index (χ2n) is 5.03. The van der Waals surface area contributed by atoms with Crippen LogP contribution in [0.15, 0.2) is 18.2 Å². The zero-order valence-corrected chi connectivity index (χ0v) is 10.5. The van der Waals surface area contributed by atoms with Crippen molar-refractivity contribution in [2.24, 2.45) is 0 Å². The first-order valence-electron chi connectivity index (χ1n) is 6.06. The van der Waals surface area contributed by atoms with Gasteiger partial charge in [0.2, 0.25) is 0 Å². The molecule has 4 nitrogen and oxygen atoms in total. The quantitative estimate of drug-likeness (QED) is 0.922. The fraction of sp³-hybridized carbons (Fsp3) is 0.385. The van der Waals surface area contributed by atoms with Gasteiger partial charge in [-0.2, -0.15) is 13.2 Å². The van der Waals surface area contributed by atoms with Gasteiger partial charge in [0.25, 0.3) is 0 Å². The molecule has 1 N–H and O–H groups in total. The predicted molar refractivity (Wildman–Crippen MR) is 64.7 cm³/mol. The van der Waals surface area contributed by atoms with Crippen LogP contribution in [0.25, 0.3) is 11.0 Å². The first-order valence-corrected chi connectivity index (χ1v) is 6.06. The lowest BCUT2D eigenvalue weighted by molar-refractivity contribution is -0.179. The predicted octanol–water partition coefficient (Wildman–Crippen LogP) is 3.09. The maximum absolute atomic E-state index is 13.3. The van der Waals surface area contributed by atoms with Gasteiger partial charge in [-0.3, -0.25) is 0 Å². The van der Waals surface area contributed by atoms with Crippen LogP contribution in [0.1, 0.15) is 29.0 Å². The summed E-state index contributed by atoms with van der Waals surface area (Å²) in [6.45, 7) is 1.51. The highest BCUT2D eigenvalue weighted by Crippen LogP contribution is 2.56. The number of aryl methyl sites for hydroxylation is 1. The Kier molecular flexibility index (Phi) is 2.42. The number of carboxylic acids is 1. The number of aromatic nitrogens is 2. The molecule has 0 spiro atoms. The zero-order valence-electron chi connectivity index (χ0n) is 10.5. The van der Waals surface area contributed by atoms with Gasteiger partial charge in [0, 0.05) is 0 Å². The summed E-state index contributed by atoms with van der Waals surface area (Å²) in [5, 5.41) is 8.97. The Labute approximate surface area is 111 Å². The number of rotatable bonds is 2. The summed E-state index contributed by atoms with van der Waals surface area (Å²) in [7, 11) is 0. The van der Waals surface area contributed by atoms with Crippen molar-refractivity contribution in [3.8, 4) is 0 Å². The maximum atomic E-state index is 13.3. The second-order valence-corrected chi connectivity index (χ2v) is 5.03. The molecule has 2 aromatic rings. The lowest BCUT2D eigenvalue weighted by Crippen LogP contribution is -2.35. The summed E-state index contributed by atoms with van der Waals surface area (Å²) in [5.74, 6) is -0.925. The molecule has 0 atom stereocenters. The van der Waals surface area contributed by atoms with E-state index in [2.05, 4.69) is 4.98 Å². The Hall–Kier alpha value is -2.05. The van der Waals surface area contributed by atoms with Gasteiger partial charge in [-0.05, 0) is 38.0 Å². The third-order valence-electron chi connectivity index (χ3n) is 3.75. The molecular weight excluding hydrogens is 273 g/mol. The third kappa shape index (κ3) is 1.62. The highest BCUT2D eigenvalue weighted by atomic mass is 19.4. The number of carbonyl (C=O) groups is 1. The fourth-order valence-corrected chi connectivity index (χ4v) is 2.62. The average molecular weight is 284 g/mol. The fourth-order valence-electron chi connectivity index (χ4n) is 2.62. The van der Waals surface area contributed by atoms with E-state index >= 15 is 0 Å². The molecule has 1 aliphatic carbocycles. The number of benzene rings is 1. The van der Waals surface area contributed by atoms with Crippen molar-refractivity contribution in [2.75, 3.05) is 0 Å². The number of alkyl halides is 3. The highest BCUT2D eigenvalue weighted by molar-refractivity contribution is 5.92. The monoisotopic (exact) mass is 284 g/mol. The van der Waals surface area contributed by atoms with Gasteiger partial charge in [-0.1, -0.05) is 0 Å².